The number of rotatable bonds is 6. The Balaban J connectivity index is 1.70. The van der Waals surface area contributed by atoms with Gasteiger partial charge >= 0.3 is 0 Å². The van der Waals surface area contributed by atoms with E-state index in [1.165, 1.54) is 0 Å². The van der Waals surface area contributed by atoms with E-state index >= 15 is 0 Å². The maximum Gasteiger partial charge on any atom is 0.162 e. The molecule has 0 fully saturated rings. The number of nitrogens with zero attached hydrogens (tertiary/aromatic N) is 4. The van der Waals surface area contributed by atoms with Gasteiger partial charge in [0.15, 0.2) is 5.82 Å². The standard InChI is InChI=1S/C20H20N4OS2/c1-13(25-3)20-21-15(12-27-20)10-24(2)19-16-6-4-5-7-17(16)22-18(23-19)14-8-9-26-11-14/h4-9,11-13H,10H2,1-3H3. The molecule has 27 heavy (non-hydrogen) atoms. The molecule has 0 amide bonds. The first-order chi connectivity index (χ1) is 13.2. The molecule has 0 saturated heterocycles. The Bertz CT molecular complexity index is 1050. The van der Waals surface area contributed by atoms with Gasteiger partial charge in [0.2, 0.25) is 0 Å². The van der Waals surface area contributed by atoms with Crippen LogP contribution in [-0.2, 0) is 11.3 Å². The van der Waals surface area contributed by atoms with Gasteiger partial charge in [-0.05, 0) is 30.5 Å². The maximum atomic E-state index is 5.37. The Morgan fingerprint density at radius 1 is 1.11 bits per heavy atom. The third-order valence-electron chi connectivity index (χ3n) is 4.39. The highest BCUT2D eigenvalue weighted by molar-refractivity contribution is 7.09. The number of benzene rings is 1. The lowest BCUT2D eigenvalue weighted by molar-refractivity contribution is 0.119. The largest absolute Gasteiger partial charge is 0.375 e. The highest BCUT2D eigenvalue weighted by Gasteiger charge is 2.15. The van der Waals surface area contributed by atoms with E-state index in [1.807, 2.05) is 37.6 Å². The second-order valence-electron chi connectivity index (χ2n) is 6.31. The quantitative estimate of drug-likeness (QED) is 0.451. The summed E-state index contributed by atoms with van der Waals surface area (Å²) in [5, 5.41) is 8.24. The first-order valence-corrected chi connectivity index (χ1v) is 10.5. The lowest BCUT2D eigenvalue weighted by atomic mass is 10.2. The van der Waals surface area contributed by atoms with Gasteiger partial charge < -0.3 is 9.64 Å². The van der Waals surface area contributed by atoms with Crippen LogP contribution >= 0.6 is 22.7 Å². The van der Waals surface area contributed by atoms with Crippen LogP contribution in [0.3, 0.4) is 0 Å². The summed E-state index contributed by atoms with van der Waals surface area (Å²) in [5.74, 6) is 1.67. The second kappa shape index (κ2) is 7.72. The minimum atomic E-state index is 0.0131. The Morgan fingerprint density at radius 3 is 2.74 bits per heavy atom. The van der Waals surface area contributed by atoms with Crippen LogP contribution in [0, 0.1) is 0 Å². The molecule has 0 N–H and O–H groups in total. The normalized spacial score (nSPS) is 12.4. The number of para-hydroxylation sites is 1. The number of hydrogen-bond donors (Lipinski definition) is 0. The average Bonchev–Trinajstić information content (AvgIpc) is 3.38. The number of anilines is 1. The molecule has 0 aliphatic carbocycles. The number of aromatic nitrogens is 3. The van der Waals surface area contributed by atoms with Gasteiger partial charge in [0.25, 0.3) is 0 Å². The first-order valence-electron chi connectivity index (χ1n) is 8.63. The molecule has 3 aromatic heterocycles. The summed E-state index contributed by atoms with van der Waals surface area (Å²) >= 11 is 3.28. The van der Waals surface area contributed by atoms with Crippen molar-refractivity contribution in [2.75, 3.05) is 19.1 Å². The van der Waals surface area contributed by atoms with Crippen molar-refractivity contribution in [2.24, 2.45) is 0 Å². The molecule has 1 aromatic carbocycles. The smallest absolute Gasteiger partial charge is 0.162 e. The van der Waals surface area contributed by atoms with Crippen molar-refractivity contribution in [3.63, 3.8) is 0 Å². The Hall–Kier alpha value is -2.35. The SMILES string of the molecule is COC(C)c1nc(CN(C)c2nc(-c3ccsc3)nc3ccccc23)cs1. The van der Waals surface area contributed by atoms with Crippen LogP contribution in [0.15, 0.2) is 46.5 Å². The zero-order valence-electron chi connectivity index (χ0n) is 15.4. The molecule has 4 aromatic rings. The van der Waals surface area contributed by atoms with Crippen LogP contribution in [0.25, 0.3) is 22.3 Å². The third-order valence-corrected chi connectivity index (χ3v) is 6.13. The molecule has 0 radical (unpaired) electrons. The van der Waals surface area contributed by atoms with Crippen molar-refractivity contribution < 1.29 is 4.74 Å². The van der Waals surface area contributed by atoms with Crippen LogP contribution in [0.1, 0.15) is 23.7 Å². The molecule has 138 valence electrons. The van der Waals surface area contributed by atoms with E-state index < -0.39 is 0 Å². The highest BCUT2D eigenvalue weighted by Crippen LogP contribution is 2.29. The van der Waals surface area contributed by atoms with Crippen LogP contribution in [0.5, 0.6) is 0 Å². The second-order valence-corrected chi connectivity index (χ2v) is 7.98. The topological polar surface area (TPSA) is 51.1 Å². The number of methoxy groups -OCH3 is 1. The average molecular weight is 397 g/mol. The highest BCUT2D eigenvalue weighted by atomic mass is 32.1. The zero-order valence-corrected chi connectivity index (χ0v) is 17.0. The molecule has 0 spiro atoms. The summed E-state index contributed by atoms with van der Waals surface area (Å²) in [5.41, 5.74) is 3.01. The molecule has 4 rings (SSSR count). The monoisotopic (exact) mass is 396 g/mol. The molecular formula is C20H20N4OS2. The summed E-state index contributed by atoms with van der Waals surface area (Å²) in [4.78, 5) is 16.5. The molecule has 0 bridgehead atoms. The fourth-order valence-corrected chi connectivity index (χ4v) is 4.35. The minimum Gasteiger partial charge on any atom is -0.375 e. The molecule has 5 nitrogen and oxygen atoms in total. The number of fused-ring (bicyclic) bond motifs is 1. The predicted molar refractivity (Wildman–Crippen MR) is 112 cm³/mol. The number of thiazole rings is 1. The molecule has 3 heterocycles. The molecule has 7 heteroatoms. The van der Waals surface area contributed by atoms with Gasteiger partial charge in [0, 0.05) is 35.9 Å². The summed E-state index contributed by atoms with van der Waals surface area (Å²) in [7, 11) is 3.75. The third kappa shape index (κ3) is 3.71. The van der Waals surface area contributed by atoms with E-state index in [0.717, 1.165) is 38.8 Å². The van der Waals surface area contributed by atoms with E-state index in [-0.39, 0.29) is 6.10 Å². The Labute approximate surface area is 166 Å². The van der Waals surface area contributed by atoms with Crippen molar-refractivity contribution in [1.29, 1.82) is 0 Å². The van der Waals surface area contributed by atoms with Gasteiger partial charge in [0.05, 0.1) is 17.8 Å². The predicted octanol–water partition coefficient (Wildman–Crippen LogP) is 5.16. The van der Waals surface area contributed by atoms with Gasteiger partial charge in [-0.1, -0.05) is 12.1 Å². The van der Waals surface area contributed by atoms with E-state index in [2.05, 4.69) is 27.8 Å². The van der Waals surface area contributed by atoms with Crippen molar-refractivity contribution in [3.8, 4) is 11.4 Å². The first kappa shape index (κ1) is 18.0. The van der Waals surface area contributed by atoms with Crippen molar-refractivity contribution in [1.82, 2.24) is 15.0 Å². The number of hydrogen-bond acceptors (Lipinski definition) is 7. The van der Waals surface area contributed by atoms with Crippen LogP contribution in [0.4, 0.5) is 5.82 Å². The lowest BCUT2D eigenvalue weighted by Gasteiger charge is -2.19. The molecular weight excluding hydrogens is 376 g/mol. The molecule has 0 saturated carbocycles. The lowest BCUT2D eigenvalue weighted by Crippen LogP contribution is -2.19. The van der Waals surface area contributed by atoms with Crippen molar-refractivity contribution in [2.45, 2.75) is 19.6 Å². The van der Waals surface area contributed by atoms with Gasteiger partial charge in [-0.15, -0.1) is 11.3 Å². The zero-order chi connectivity index (χ0) is 18.8. The molecule has 1 unspecified atom stereocenters. The molecule has 0 aliphatic heterocycles. The van der Waals surface area contributed by atoms with Crippen LogP contribution in [-0.4, -0.2) is 29.1 Å². The van der Waals surface area contributed by atoms with Gasteiger partial charge in [-0.2, -0.15) is 11.3 Å². The van der Waals surface area contributed by atoms with E-state index in [0.29, 0.717) is 6.54 Å². The number of ether oxygens (including phenoxy) is 1. The van der Waals surface area contributed by atoms with E-state index in [9.17, 15) is 0 Å². The van der Waals surface area contributed by atoms with Crippen LogP contribution in [0.2, 0.25) is 0 Å². The van der Waals surface area contributed by atoms with E-state index in [4.69, 9.17) is 19.7 Å². The molecule has 0 aliphatic rings. The number of thiophene rings is 1. The summed E-state index contributed by atoms with van der Waals surface area (Å²) in [6, 6.07) is 10.2. The summed E-state index contributed by atoms with van der Waals surface area (Å²) in [6.45, 7) is 2.69. The molecule has 1 atom stereocenters. The van der Waals surface area contributed by atoms with Crippen LogP contribution < -0.4 is 4.90 Å². The van der Waals surface area contributed by atoms with Gasteiger partial charge in [-0.3, -0.25) is 0 Å². The van der Waals surface area contributed by atoms with Gasteiger partial charge in [-0.25, -0.2) is 15.0 Å². The maximum absolute atomic E-state index is 5.37. The summed E-state index contributed by atoms with van der Waals surface area (Å²) < 4.78 is 5.37. The van der Waals surface area contributed by atoms with Gasteiger partial charge in [0.1, 0.15) is 16.9 Å². The van der Waals surface area contributed by atoms with E-state index in [1.54, 1.807) is 29.8 Å². The fraction of sp³-hybridized carbons (Fsp3) is 0.250. The van der Waals surface area contributed by atoms with Crippen molar-refractivity contribution in [3.05, 3.63) is 57.2 Å². The minimum absolute atomic E-state index is 0.0131. The Morgan fingerprint density at radius 2 is 1.96 bits per heavy atom. The fourth-order valence-electron chi connectivity index (χ4n) is 2.87. The Kier molecular flexibility index (Phi) is 5.15. The van der Waals surface area contributed by atoms with Crippen molar-refractivity contribution >= 4 is 39.4 Å². The summed E-state index contributed by atoms with van der Waals surface area (Å²) in [6.07, 6.45) is 0.0131.